The zero-order chi connectivity index (χ0) is 19.6. The van der Waals surface area contributed by atoms with E-state index < -0.39 is 9.84 Å². The zero-order valence-electron chi connectivity index (χ0n) is 14.8. The van der Waals surface area contributed by atoms with Gasteiger partial charge in [-0.2, -0.15) is 0 Å². The molecule has 1 amide bonds. The second kappa shape index (κ2) is 7.88. The highest BCUT2D eigenvalue weighted by Crippen LogP contribution is 2.25. The number of rotatable bonds is 6. The first-order valence-corrected chi connectivity index (χ1v) is 11.2. The van der Waals surface area contributed by atoms with E-state index in [1.807, 2.05) is 19.1 Å². The maximum atomic E-state index is 13.2. The Hall–Kier alpha value is -2.09. The molecule has 0 aliphatic rings. The molecule has 3 aromatic rings. The molecule has 142 valence electrons. The van der Waals surface area contributed by atoms with Crippen LogP contribution in [0.2, 0.25) is 5.02 Å². The number of thiophene rings is 1. The van der Waals surface area contributed by atoms with E-state index in [2.05, 4.69) is 0 Å². The molecule has 0 fully saturated rings. The molecule has 0 aliphatic carbocycles. The van der Waals surface area contributed by atoms with E-state index in [1.54, 1.807) is 34.6 Å². The van der Waals surface area contributed by atoms with E-state index in [0.717, 1.165) is 16.0 Å². The van der Waals surface area contributed by atoms with Gasteiger partial charge in [0, 0.05) is 16.0 Å². The van der Waals surface area contributed by atoms with Crippen LogP contribution in [-0.4, -0.2) is 25.5 Å². The maximum Gasteiger partial charge on any atom is 0.256 e. The summed E-state index contributed by atoms with van der Waals surface area (Å²) in [6, 6.07) is 11.7. The molecule has 0 unspecified atom stereocenters. The lowest BCUT2D eigenvalue weighted by Crippen LogP contribution is -2.30. The first-order valence-electron chi connectivity index (χ1n) is 8.10. The van der Waals surface area contributed by atoms with Crippen LogP contribution in [-0.2, 0) is 22.9 Å². The Balaban J connectivity index is 1.97. The number of nitrogens with zero attached hydrogens (tertiary/aromatic N) is 1. The molecule has 0 spiro atoms. The Labute approximate surface area is 167 Å². The average molecular weight is 424 g/mol. The summed E-state index contributed by atoms with van der Waals surface area (Å²) in [5.41, 5.74) is 0.152. The number of sulfone groups is 1. The predicted molar refractivity (Wildman–Crippen MR) is 106 cm³/mol. The van der Waals surface area contributed by atoms with Gasteiger partial charge < -0.3 is 9.32 Å². The predicted octanol–water partition coefficient (Wildman–Crippen LogP) is 4.55. The van der Waals surface area contributed by atoms with Crippen LogP contribution in [0.15, 0.2) is 58.0 Å². The minimum atomic E-state index is -3.45. The fourth-order valence-corrected chi connectivity index (χ4v) is 4.37. The Morgan fingerprint density at radius 1 is 1.19 bits per heavy atom. The van der Waals surface area contributed by atoms with Gasteiger partial charge in [0.05, 0.1) is 34.8 Å². The van der Waals surface area contributed by atoms with Gasteiger partial charge in [-0.1, -0.05) is 11.6 Å². The van der Waals surface area contributed by atoms with E-state index in [1.165, 1.54) is 18.2 Å². The number of carbonyl (C=O) groups is 1. The first-order chi connectivity index (χ1) is 12.7. The van der Waals surface area contributed by atoms with Crippen molar-refractivity contribution >= 4 is 38.7 Å². The average Bonchev–Trinajstić information content (AvgIpc) is 3.25. The molecule has 0 N–H and O–H groups in total. The van der Waals surface area contributed by atoms with Crippen molar-refractivity contribution in [1.29, 1.82) is 0 Å². The lowest BCUT2D eigenvalue weighted by atomic mass is 10.2. The van der Waals surface area contributed by atoms with Crippen molar-refractivity contribution in [3.05, 3.63) is 74.8 Å². The lowest BCUT2D eigenvalue weighted by Gasteiger charge is -2.22. The molecule has 0 saturated heterocycles. The third-order valence-electron chi connectivity index (χ3n) is 3.95. The third-order valence-corrected chi connectivity index (χ3v) is 6.38. The number of furan rings is 1. The van der Waals surface area contributed by atoms with Crippen molar-refractivity contribution < 1.29 is 17.6 Å². The summed E-state index contributed by atoms with van der Waals surface area (Å²) in [7, 11) is -3.45. The summed E-state index contributed by atoms with van der Waals surface area (Å²) in [5, 5.41) is 0.208. The molecule has 0 saturated carbocycles. The van der Waals surface area contributed by atoms with Crippen molar-refractivity contribution in [2.75, 3.05) is 6.26 Å². The summed E-state index contributed by atoms with van der Waals surface area (Å²) in [4.78, 5) is 17.0. The summed E-state index contributed by atoms with van der Waals surface area (Å²) in [6.07, 6.45) is 2.64. The van der Waals surface area contributed by atoms with Gasteiger partial charge in [-0.15, -0.1) is 11.3 Å². The highest BCUT2D eigenvalue weighted by Gasteiger charge is 2.22. The molecule has 8 heteroatoms. The molecule has 27 heavy (non-hydrogen) atoms. The number of benzene rings is 1. The fraction of sp³-hybridized carbons (Fsp3) is 0.211. The van der Waals surface area contributed by atoms with E-state index in [-0.39, 0.29) is 27.9 Å². The van der Waals surface area contributed by atoms with Gasteiger partial charge in [-0.3, -0.25) is 4.79 Å². The Morgan fingerprint density at radius 3 is 2.56 bits per heavy atom. The second-order valence-corrected chi connectivity index (χ2v) is 9.96. The fourth-order valence-electron chi connectivity index (χ4n) is 2.62. The van der Waals surface area contributed by atoms with Crippen LogP contribution >= 0.6 is 22.9 Å². The third kappa shape index (κ3) is 4.80. The molecule has 1 aromatic carbocycles. The summed E-state index contributed by atoms with van der Waals surface area (Å²) in [6.45, 7) is 2.62. The summed E-state index contributed by atoms with van der Waals surface area (Å²) < 4.78 is 29.1. The Kier molecular flexibility index (Phi) is 5.74. The SMILES string of the molecule is Cc1ccc(CN(Cc2ccco2)C(=O)c2cc(S(C)(=O)=O)ccc2Cl)s1. The molecule has 0 aliphatic heterocycles. The van der Waals surface area contributed by atoms with Crippen LogP contribution < -0.4 is 0 Å². The number of aryl methyl sites for hydroxylation is 1. The number of carbonyl (C=O) groups excluding carboxylic acids is 1. The smallest absolute Gasteiger partial charge is 0.256 e. The lowest BCUT2D eigenvalue weighted by molar-refractivity contribution is 0.0719. The van der Waals surface area contributed by atoms with Gasteiger partial charge in [0.2, 0.25) is 0 Å². The van der Waals surface area contributed by atoms with Crippen LogP contribution in [0, 0.1) is 6.92 Å². The van der Waals surface area contributed by atoms with Crippen LogP contribution in [0.25, 0.3) is 0 Å². The van der Waals surface area contributed by atoms with Crippen molar-refractivity contribution in [3.8, 4) is 0 Å². The highest BCUT2D eigenvalue weighted by molar-refractivity contribution is 7.90. The monoisotopic (exact) mass is 423 g/mol. The van der Waals surface area contributed by atoms with Crippen molar-refractivity contribution in [3.63, 3.8) is 0 Å². The molecule has 3 rings (SSSR count). The van der Waals surface area contributed by atoms with Gasteiger partial charge in [-0.05, 0) is 49.4 Å². The molecule has 5 nitrogen and oxygen atoms in total. The first kappa shape index (κ1) is 19.7. The molecule has 0 radical (unpaired) electrons. The van der Waals surface area contributed by atoms with E-state index in [4.69, 9.17) is 16.0 Å². The van der Waals surface area contributed by atoms with Crippen molar-refractivity contribution in [2.24, 2.45) is 0 Å². The minimum absolute atomic E-state index is 0.0557. The van der Waals surface area contributed by atoms with Crippen molar-refractivity contribution in [2.45, 2.75) is 24.9 Å². The van der Waals surface area contributed by atoms with Gasteiger partial charge in [0.1, 0.15) is 5.76 Å². The zero-order valence-corrected chi connectivity index (χ0v) is 17.2. The number of amides is 1. The van der Waals surface area contributed by atoms with Crippen LogP contribution in [0.4, 0.5) is 0 Å². The van der Waals surface area contributed by atoms with E-state index >= 15 is 0 Å². The quantitative estimate of drug-likeness (QED) is 0.583. The highest BCUT2D eigenvalue weighted by atomic mass is 35.5. The van der Waals surface area contributed by atoms with Crippen LogP contribution in [0.1, 0.15) is 25.9 Å². The standard InChI is InChI=1S/C19H18ClNO4S2/c1-13-5-6-15(26-13)12-21(11-14-4-3-9-25-14)19(22)17-10-16(27(2,23)24)7-8-18(17)20/h3-10H,11-12H2,1-2H3. The molecular weight excluding hydrogens is 406 g/mol. The number of hydrogen-bond donors (Lipinski definition) is 0. The van der Waals surface area contributed by atoms with E-state index in [9.17, 15) is 13.2 Å². The summed E-state index contributed by atoms with van der Waals surface area (Å²) in [5.74, 6) is 0.278. The summed E-state index contributed by atoms with van der Waals surface area (Å²) >= 11 is 7.81. The number of halogens is 1. The molecular formula is C19H18ClNO4S2. The van der Waals surface area contributed by atoms with Gasteiger partial charge in [-0.25, -0.2) is 8.42 Å². The van der Waals surface area contributed by atoms with Gasteiger partial charge in [0.25, 0.3) is 5.91 Å². The maximum absolute atomic E-state index is 13.2. The second-order valence-electron chi connectivity index (χ2n) is 6.17. The molecule has 0 bridgehead atoms. The molecule has 0 atom stereocenters. The van der Waals surface area contributed by atoms with Gasteiger partial charge in [0.15, 0.2) is 9.84 Å². The number of hydrogen-bond acceptors (Lipinski definition) is 5. The topological polar surface area (TPSA) is 67.6 Å². The van der Waals surface area contributed by atoms with Gasteiger partial charge >= 0.3 is 0 Å². The van der Waals surface area contributed by atoms with Crippen molar-refractivity contribution in [1.82, 2.24) is 4.90 Å². The Morgan fingerprint density at radius 2 is 1.96 bits per heavy atom. The van der Waals surface area contributed by atoms with Crippen LogP contribution in [0.5, 0.6) is 0 Å². The van der Waals surface area contributed by atoms with Crippen LogP contribution in [0.3, 0.4) is 0 Å². The normalized spacial score (nSPS) is 11.5. The largest absolute Gasteiger partial charge is 0.467 e. The Bertz CT molecular complexity index is 1060. The molecule has 2 heterocycles. The minimum Gasteiger partial charge on any atom is -0.467 e. The molecule has 2 aromatic heterocycles. The van der Waals surface area contributed by atoms with E-state index in [0.29, 0.717) is 12.3 Å².